The monoisotopic (exact) mass is 484 g/mol. The molecule has 0 amide bonds. The molecule has 1 atom stereocenters. The Bertz CT molecular complexity index is 1220. The highest BCUT2D eigenvalue weighted by molar-refractivity contribution is 7.89. The van der Waals surface area contributed by atoms with Gasteiger partial charge in [-0.3, -0.25) is 0 Å². The molecule has 171 valence electrons. The van der Waals surface area contributed by atoms with Crippen LogP contribution in [0.25, 0.3) is 5.70 Å². The van der Waals surface area contributed by atoms with Gasteiger partial charge in [0, 0.05) is 12.0 Å². The minimum absolute atomic E-state index is 0.0221. The highest BCUT2D eigenvalue weighted by Crippen LogP contribution is 2.24. The molecule has 0 fully saturated rings. The molecule has 1 aliphatic heterocycles. The second kappa shape index (κ2) is 11.2. The van der Waals surface area contributed by atoms with Gasteiger partial charge in [-0.25, -0.2) is 13.7 Å². The second-order valence-electron chi connectivity index (χ2n) is 7.78. The van der Waals surface area contributed by atoms with Crippen LogP contribution in [0.5, 0.6) is 0 Å². The van der Waals surface area contributed by atoms with E-state index >= 15 is 0 Å². The Morgan fingerprint density at radius 2 is 1.94 bits per heavy atom. The maximum Gasteiger partial charge on any atom is 0.314 e. The van der Waals surface area contributed by atoms with Crippen LogP contribution in [0.1, 0.15) is 50.2 Å². The third kappa shape index (κ3) is 6.75. The standard InChI is InChI=1S/C24H25ClN4O3S/c1-17(30)8-4-2-7-11-21(24-27-16-22(28-24)19-9-5-3-6-10-19)29-33(31,32)23-13-12-18(15-26)14-20(23)25/h3,5-6,9-10,12-14,16,21,28-29H,2,4,7-8,11H2,1H3/q+1/t21-/m0/s1. The van der Waals surface area contributed by atoms with Crippen LogP contribution < -0.4 is 15.0 Å². The Morgan fingerprint density at radius 1 is 1.18 bits per heavy atom. The number of nitrogens with zero attached hydrogens (tertiary/aromatic N) is 2. The second-order valence-corrected chi connectivity index (χ2v) is 9.87. The zero-order valence-electron chi connectivity index (χ0n) is 18.2. The van der Waals surface area contributed by atoms with E-state index in [4.69, 9.17) is 16.9 Å². The number of nitrogens with one attached hydrogen (secondary N) is 2. The molecular weight excluding hydrogens is 460 g/mol. The summed E-state index contributed by atoms with van der Waals surface area (Å²) in [6.45, 7) is 1.56. The molecule has 0 saturated heterocycles. The van der Waals surface area contributed by atoms with Crippen molar-refractivity contribution in [2.24, 2.45) is 0 Å². The summed E-state index contributed by atoms with van der Waals surface area (Å²) >= 11 is 6.16. The average molecular weight is 485 g/mol. The van der Waals surface area contributed by atoms with Crippen molar-refractivity contribution in [3.8, 4) is 6.07 Å². The van der Waals surface area contributed by atoms with Gasteiger partial charge in [0.1, 0.15) is 16.7 Å². The Hall–Kier alpha value is -2.99. The van der Waals surface area contributed by atoms with Gasteiger partial charge in [-0.2, -0.15) is 9.98 Å². The topological polar surface area (TPSA) is 113 Å². The third-order valence-corrected chi connectivity index (χ3v) is 7.13. The molecular formula is C24H25ClN4O3S+. The van der Waals surface area contributed by atoms with Crippen LogP contribution in [-0.2, 0) is 14.8 Å². The van der Waals surface area contributed by atoms with Crippen molar-refractivity contribution in [3.05, 3.63) is 70.9 Å². The van der Waals surface area contributed by atoms with E-state index in [0.717, 1.165) is 24.1 Å². The number of carbonyl (C=O) groups is 1. The van der Waals surface area contributed by atoms with Crippen molar-refractivity contribution in [2.75, 3.05) is 0 Å². The van der Waals surface area contributed by atoms with Crippen molar-refractivity contribution in [1.82, 2.24) is 15.0 Å². The molecule has 1 radical (unpaired) electrons. The van der Waals surface area contributed by atoms with Gasteiger partial charge in [0.05, 0.1) is 16.7 Å². The number of sulfonamides is 1. The van der Waals surface area contributed by atoms with Crippen LogP contribution in [0.15, 0.2) is 59.6 Å². The minimum atomic E-state index is -3.98. The van der Waals surface area contributed by atoms with Gasteiger partial charge in [-0.05, 0) is 43.0 Å². The van der Waals surface area contributed by atoms with E-state index in [-0.39, 0.29) is 21.3 Å². The van der Waals surface area contributed by atoms with Crippen molar-refractivity contribution >= 4 is 38.9 Å². The summed E-state index contributed by atoms with van der Waals surface area (Å²) in [7, 11) is -3.98. The predicted molar refractivity (Wildman–Crippen MR) is 129 cm³/mol. The highest BCUT2D eigenvalue weighted by Gasteiger charge is 2.33. The van der Waals surface area contributed by atoms with Crippen LogP contribution in [0.2, 0.25) is 5.02 Å². The van der Waals surface area contributed by atoms with Gasteiger partial charge in [0.25, 0.3) is 0 Å². The summed E-state index contributed by atoms with van der Waals surface area (Å²) in [5.74, 6) is 0.634. The highest BCUT2D eigenvalue weighted by atomic mass is 35.5. The molecule has 33 heavy (non-hydrogen) atoms. The van der Waals surface area contributed by atoms with Crippen LogP contribution >= 0.6 is 11.6 Å². The quantitative estimate of drug-likeness (QED) is 0.472. The molecule has 0 aromatic heterocycles. The molecule has 7 nitrogen and oxygen atoms in total. The Morgan fingerprint density at radius 3 is 2.61 bits per heavy atom. The smallest absolute Gasteiger partial charge is 0.300 e. The first-order valence-corrected chi connectivity index (χ1v) is 12.5. The molecule has 0 bridgehead atoms. The summed E-state index contributed by atoms with van der Waals surface area (Å²) < 4.78 is 29.0. The van der Waals surface area contributed by atoms with E-state index in [2.05, 4.69) is 15.0 Å². The van der Waals surface area contributed by atoms with E-state index in [1.807, 2.05) is 36.4 Å². The number of ketones is 1. The lowest BCUT2D eigenvalue weighted by Crippen LogP contribution is -2.46. The molecule has 3 rings (SSSR count). The van der Waals surface area contributed by atoms with Crippen molar-refractivity contribution in [1.29, 1.82) is 5.26 Å². The van der Waals surface area contributed by atoms with Gasteiger partial charge in [0.15, 0.2) is 11.9 Å². The SMILES string of the molecule is CC(=O)CCCCC[C@H](NS(=O)(=O)c1ccc(C#N)cc1Cl)C1=[N+]C=C(c2ccccc2)N1. The van der Waals surface area contributed by atoms with Crippen molar-refractivity contribution in [2.45, 2.75) is 50.0 Å². The number of Topliss-reactive ketones (excluding diaryl/α,β-unsaturated/α-hetero) is 1. The number of nitriles is 1. The van der Waals surface area contributed by atoms with Gasteiger partial charge >= 0.3 is 5.84 Å². The maximum atomic E-state index is 13.1. The number of rotatable bonds is 11. The molecule has 1 aliphatic rings. The van der Waals surface area contributed by atoms with Gasteiger partial charge in [0.2, 0.25) is 10.0 Å². The van der Waals surface area contributed by atoms with E-state index in [0.29, 0.717) is 25.1 Å². The Balaban J connectivity index is 1.76. The van der Waals surface area contributed by atoms with Crippen LogP contribution in [-0.4, -0.2) is 26.1 Å². The first kappa shape index (κ1) is 24.6. The lowest BCUT2D eigenvalue weighted by molar-refractivity contribution is -0.117. The number of carbonyl (C=O) groups excluding carboxylic acids is 1. The fraction of sp³-hybridized carbons (Fsp3) is 0.292. The number of unbranched alkanes of at least 4 members (excludes halogenated alkanes) is 2. The molecule has 1 heterocycles. The molecule has 2 aromatic carbocycles. The van der Waals surface area contributed by atoms with Gasteiger partial charge in [-0.15, -0.1) is 0 Å². The van der Waals surface area contributed by atoms with Crippen LogP contribution in [0.3, 0.4) is 0 Å². The van der Waals surface area contributed by atoms with Gasteiger partial charge in [-0.1, -0.05) is 54.8 Å². The number of hydrogen-bond acceptors (Lipinski definition) is 6. The average Bonchev–Trinajstić information content (AvgIpc) is 3.28. The summed E-state index contributed by atoms with van der Waals surface area (Å²) in [6.07, 6.45) is 4.94. The number of halogens is 1. The molecule has 0 unspecified atom stereocenters. The lowest BCUT2D eigenvalue weighted by Gasteiger charge is -2.16. The number of hydrogen-bond donors (Lipinski definition) is 2. The van der Waals surface area contributed by atoms with E-state index in [9.17, 15) is 13.2 Å². The summed E-state index contributed by atoms with van der Waals surface area (Å²) in [4.78, 5) is 15.5. The minimum Gasteiger partial charge on any atom is -0.300 e. The lowest BCUT2D eigenvalue weighted by atomic mass is 10.1. The first-order valence-electron chi connectivity index (χ1n) is 10.6. The first-order chi connectivity index (χ1) is 15.8. The molecule has 0 saturated carbocycles. The van der Waals surface area contributed by atoms with Gasteiger partial charge < -0.3 is 4.79 Å². The van der Waals surface area contributed by atoms with Crippen molar-refractivity contribution < 1.29 is 13.2 Å². The van der Waals surface area contributed by atoms with Crippen LogP contribution in [0, 0.1) is 11.3 Å². The number of aliphatic imine (C=N–C) groups is 1. The van der Waals surface area contributed by atoms with E-state index < -0.39 is 16.1 Å². The van der Waals surface area contributed by atoms with Crippen LogP contribution in [0.4, 0.5) is 0 Å². The fourth-order valence-electron chi connectivity index (χ4n) is 3.47. The molecule has 9 heteroatoms. The van der Waals surface area contributed by atoms with E-state index in [1.165, 1.54) is 18.2 Å². The predicted octanol–water partition coefficient (Wildman–Crippen LogP) is 3.73. The third-order valence-electron chi connectivity index (χ3n) is 5.18. The number of amidine groups is 1. The molecule has 0 aliphatic carbocycles. The zero-order chi connectivity index (χ0) is 23.8. The largest absolute Gasteiger partial charge is 0.314 e. The molecule has 2 N–H and O–H groups in total. The molecule has 2 aromatic rings. The summed E-state index contributed by atoms with van der Waals surface area (Å²) in [5, 5.41) is 12.2. The maximum absolute atomic E-state index is 13.1. The Labute approximate surface area is 199 Å². The normalized spacial score (nSPS) is 14.1. The summed E-state index contributed by atoms with van der Waals surface area (Å²) in [6, 6.07) is 15.0. The number of benzene rings is 2. The van der Waals surface area contributed by atoms with E-state index in [1.54, 1.807) is 13.1 Å². The fourth-order valence-corrected chi connectivity index (χ4v) is 5.25. The summed E-state index contributed by atoms with van der Waals surface area (Å²) in [5.41, 5.74) is 2.00. The van der Waals surface area contributed by atoms with Crippen molar-refractivity contribution in [3.63, 3.8) is 0 Å². The zero-order valence-corrected chi connectivity index (χ0v) is 19.8. The molecule has 0 spiro atoms. The Kier molecular flexibility index (Phi) is 8.39.